The van der Waals surface area contributed by atoms with Gasteiger partial charge < -0.3 is 10.6 Å². The largest absolute Gasteiger partial charge is 0.399 e. The van der Waals surface area contributed by atoms with Gasteiger partial charge in [-0.05, 0) is 49.4 Å². The summed E-state index contributed by atoms with van der Waals surface area (Å²) in [5, 5.41) is 0.429. The lowest BCUT2D eigenvalue weighted by Crippen LogP contribution is -2.30. The van der Waals surface area contributed by atoms with Gasteiger partial charge in [-0.15, -0.1) is 0 Å². The lowest BCUT2D eigenvalue weighted by Gasteiger charge is -2.21. The molecule has 104 valence electrons. The van der Waals surface area contributed by atoms with Gasteiger partial charge in [-0.2, -0.15) is 0 Å². The third-order valence-corrected chi connectivity index (χ3v) is 3.73. The van der Waals surface area contributed by atoms with Crippen LogP contribution >= 0.6 is 27.5 Å². The Kier molecular flexibility index (Phi) is 4.68. The molecule has 0 heterocycles. The number of carbonyl (C=O) groups is 1. The monoisotopic (exact) mass is 352 g/mol. The Morgan fingerprint density at radius 2 is 1.90 bits per heavy atom. The molecule has 2 rings (SSSR count). The fourth-order valence-corrected chi connectivity index (χ4v) is 2.66. The number of nitrogens with two attached hydrogens (primary N) is 1. The molecule has 0 unspecified atom stereocenters. The van der Waals surface area contributed by atoms with Crippen molar-refractivity contribution in [3.05, 3.63) is 57.5 Å². The average molecular weight is 354 g/mol. The van der Waals surface area contributed by atoms with Crippen LogP contribution in [-0.2, 0) is 0 Å². The Morgan fingerprint density at radius 3 is 2.45 bits per heavy atom. The highest BCUT2D eigenvalue weighted by Crippen LogP contribution is 2.25. The molecule has 0 saturated heterocycles. The molecule has 2 aromatic rings. The summed E-state index contributed by atoms with van der Waals surface area (Å²) in [5.74, 6) is -0.130. The summed E-state index contributed by atoms with van der Waals surface area (Å²) in [5.41, 5.74) is 7.61. The summed E-state index contributed by atoms with van der Waals surface area (Å²) in [6.45, 7) is 2.47. The van der Waals surface area contributed by atoms with E-state index in [2.05, 4.69) is 15.9 Å². The first-order chi connectivity index (χ1) is 9.52. The number of hydrogen-bond acceptors (Lipinski definition) is 2. The molecule has 0 fully saturated rings. The molecular weight excluding hydrogens is 340 g/mol. The number of amides is 1. The maximum Gasteiger partial charge on any atom is 0.259 e. The maximum atomic E-state index is 12.6. The van der Waals surface area contributed by atoms with Gasteiger partial charge in [0.05, 0.1) is 10.6 Å². The van der Waals surface area contributed by atoms with E-state index in [1.165, 1.54) is 0 Å². The Morgan fingerprint density at radius 1 is 1.25 bits per heavy atom. The van der Waals surface area contributed by atoms with E-state index in [9.17, 15) is 4.79 Å². The van der Waals surface area contributed by atoms with Crippen LogP contribution in [-0.4, -0.2) is 12.5 Å². The zero-order chi connectivity index (χ0) is 14.7. The topological polar surface area (TPSA) is 46.3 Å². The summed E-state index contributed by atoms with van der Waals surface area (Å²) in [6, 6.07) is 12.4. The quantitative estimate of drug-likeness (QED) is 0.834. The van der Waals surface area contributed by atoms with Crippen molar-refractivity contribution in [2.24, 2.45) is 0 Å². The van der Waals surface area contributed by atoms with E-state index in [1.54, 1.807) is 35.2 Å². The van der Waals surface area contributed by atoms with Crippen molar-refractivity contribution in [2.75, 3.05) is 17.2 Å². The Hall–Kier alpha value is -1.52. The summed E-state index contributed by atoms with van der Waals surface area (Å²) in [6.07, 6.45) is 0. The molecule has 0 atom stereocenters. The predicted octanol–water partition coefficient (Wildman–Crippen LogP) is 4.35. The average Bonchev–Trinajstić information content (AvgIpc) is 2.41. The standard InChI is InChI=1S/C15H14BrClN2O/c1-2-19(12-6-4-11(18)5-7-12)15(20)13-8-3-10(16)9-14(13)17/h3-9H,2,18H2,1H3. The minimum atomic E-state index is -0.130. The van der Waals surface area contributed by atoms with E-state index in [4.69, 9.17) is 17.3 Å². The van der Waals surface area contributed by atoms with Crippen LogP contribution in [0.3, 0.4) is 0 Å². The van der Waals surface area contributed by atoms with E-state index < -0.39 is 0 Å². The van der Waals surface area contributed by atoms with Crippen molar-refractivity contribution in [3.63, 3.8) is 0 Å². The highest BCUT2D eigenvalue weighted by atomic mass is 79.9. The first-order valence-corrected chi connectivity index (χ1v) is 7.32. The molecule has 0 aliphatic heterocycles. The van der Waals surface area contributed by atoms with E-state index >= 15 is 0 Å². The van der Waals surface area contributed by atoms with Crippen molar-refractivity contribution >= 4 is 44.8 Å². The summed E-state index contributed by atoms with van der Waals surface area (Å²) in [4.78, 5) is 14.2. The van der Waals surface area contributed by atoms with Gasteiger partial charge in [-0.3, -0.25) is 4.79 Å². The van der Waals surface area contributed by atoms with Gasteiger partial charge in [0.25, 0.3) is 5.91 Å². The number of halogens is 2. The molecule has 0 bridgehead atoms. The number of rotatable bonds is 3. The molecule has 3 nitrogen and oxygen atoms in total. The van der Waals surface area contributed by atoms with Crippen LogP contribution in [0.25, 0.3) is 0 Å². The predicted molar refractivity (Wildman–Crippen MR) is 87.4 cm³/mol. The Bertz CT molecular complexity index is 628. The molecular formula is C15H14BrClN2O. The van der Waals surface area contributed by atoms with Crippen LogP contribution in [0.5, 0.6) is 0 Å². The number of nitrogens with zero attached hydrogens (tertiary/aromatic N) is 1. The third kappa shape index (κ3) is 3.14. The van der Waals surface area contributed by atoms with Crippen LogP contribution in [0, 0.1) is 0 Å². The summed E-state index contributed by atoms with van der Waals surface area (Å²) < 4.78 is 0.842. The van der Waals surface area contributed by atoms with Gasteiger partial charge in [0.1, 0.15) is 0 Å². The molecule has 0 saturated carbocycles. The number of anilines is 2. The minimum Gasteiger partial charge on any atom is -0.399 e. The molecule has 0 aliphatic rings. The van der Waals surface area contributed by atoms with Crippen molar-refractivity contribution in [1.29, 1.82) is 0 Å². The number of benzene rings is 2. The van der Waals surface area contributed by atoms with E-state index in [-0.39, 0.29) is 5.91 Å². The van der Waals surface area contributed by atoms with Crippen molar-refractivity contribution in [1.82, 2.24) is 0 Å². The zero-order valence-corrected chi connectivity index (χ0v) is 13.3. The zero-order valence-electron chi connectivity index (χ0n) is 10.9. The lowest BCUT2D eigenvalue weighted by atomic mass is 10.1. The second-order valence-electron chi connectivity index (χ2n) is 4.27. The van der Waals surface area contributed by atoms with Gasteiger partial charge >= 0.3 is 0 Å². The molecule has 5 heteroatoms. The van der Waals surface area contributed by atoms with Gasteiger partial charge in [0, 0.05) is 22.4 Å². The first-order valence-electron chi connectivity index (χ1n) is 6.15. The van der Waals surface area contributed by atoms with Gasteiger partial charge in [0.15, 0.2) is 0 Å². The van der Waals surface area contributed by atoms with Crippen molar-refractivity contribution in [2.45, 2.75) is 6.92 Å². The van der Waals surface area contributed by atoms with Crippen molar-refractivity contribution in [3.8, 4) is 0 Å². The molecule has 0 aliphatic carbocycles. The molecule has 20 heavy (non-hydrogen) atoms. The van der Waals surface area contributed by atoms with E-state index in [0.29, 0.717) is 22.8 Å². The SMILES string of the molecule is CCN(C(=O)c1ccc(Br)cc1Cl)c1ccc(N)cc1. The Labute approximate surface area is 131 Å². The third-order valence-electron chi connectivity index (χ3n) is 2.93. The highest BCUT2D eigenvalue weighted by molar-refractivity contribution is 9.10. The Balaban J connectivity index is 2.36. The second kappa shape index (κ2) is 6.29. The fraction of sp³-hybridized carbons (Fsp3) is 0.133. The molecule has 2 N–H and O–H groups in total. The van der Waals surface area contributed by atoms with Gasteiger partial charge in [0.2, 0.25) is 0 Å². The van der Waals surface area contributed by atoms with Crippen LogP contribution in [0.1, 0.15) is 17.3 Å². The maximum absolute atomic E-state index is 12.6. The number of hydrogen-bond donors (Lipinski definition) is 1. The molecule has 1 amide bonds. The highest BCUT2D eigenvalue weighted by Gasteiger charge is 2.18. The smallest absolute Gasteiger partial charge is 0.259 e. The summed E-state index contributed by atoms with van der Waals surface area (Å²) >= 11 is 9.47. The van der Waals surface area contributed by atoms with E-state index in [1.807, 2.05) is 19.1 Å². The molecule has 0 radical (unpaired) electrons. The number of nitrogen functional groups attached to an aromatic ring is 1. The van der Waals surface area contributed by atoms with Crippen LogP contribution in [0.4, 0.5) is 11.4 Å². The van der Waals surface area contributed by atoms with Crippen LogP contribution < -0.4 is 10.6 Å². The fourth-order valence-electron chi connectivity index (χ4n) is 1.91. The minimum absolute atomic E-state index is 0.130. The molecule has 2 aromatic carbocycles. The van der Waals surface area contributed by atoms with Crippen LogP contribution in [0.15, 0.2) is 46.9 Å². The van der Waals surface area contributed by atoms with E-state index in [0.717, 1.165) is 10.2 Å². The van der Waals surface area contributed by atoms with Crippen molar-refractivity contribution < 1.29 is 4.79 Å². The van der Waals surface area contributed by atoms with Crippen LogP contribution in [0.2, 0.25) is 5.02 Å². The summed E-state index contributed by atoms with van der Waals surface area (Å²) in [7, 11) is 0. The first kappa shape index (κ1) is 14.9. The number of carbonyl (C=O) groups excluding carboxylic acids is 1. The molecule has 0 aromatic heterocycles. The van der Waals surface area contributed by atoms with Gasteiger partial charge in [-0.1, -0.05) is 27.5 Å². The van der Waals surface area contributed by atoms with Gasteiger partial charge in [-0.25, -0.2) is 0 Å². The normalized spacial score (nSPS) is 10.3. The second-order valence-corrected chi connectivity index (χ2v) is 5.59. The molecule has 0 spiro atoms. The lowest BCUT2D eigenvalue weighted by molar-refractivity contribution is 0.0988.